The fourth-order valence-electron chi connectivity index (χ4n) is 5.95. The number of alkyl halides is 3. The average molecular weight is 465 g/mol. The van der Waals surface area contributed by atoms with Gasteiger partial charge < -0.3 is 19.9 Å². The quantitative estimate of drug-likeness (QED) is 0.724. The normalized spacial score (nSPS) is 28.3. The molecular weight excluding hydrogens is 433 g/mol. The van der Waals surface area contributed by atoms with E-state index in [4.69, 9.17) is 10.7 Å². The third-order valence-corrected chi connectivity index (χ3v) is 7.63. The lowest BCUT2D eigenvalue weighted by molar-refractivity contribution is -0.274. The van der Waals surface area contributed by atoms with Crippen LogP contribution in [-0.2, 0) is 0 Å². The van der Waals surface area contributed by atoms with Crippen molar-refractivity contribution in [2.75, 3.05) is 39.0 Å². The number of aromatic nitrogens is 3. The Bertz CT molecular complexity index is 1020. The fourth-order valence-corrected chi connectivity index (χ4v) is 5.95. The Balaban J connectivity index is 1.42. The van der Waals surface area contributed by atoms with Gasteiger partial charge in [0.15, 0.2) is 11.6 Å². The first-order valence-electron chi connectivity index (χ1n) is 11.6. The number of fused-ring (bicyclic) bond motifs is 1. The van der Waals surface area contributed by atoms with Gasteiger partial charge in [0, 0.05) is 61.6 Å². The molecule has 4 aliphatic rings. The summed E-state index contributed by atoms with van der Waals surface area (Å²) >= 11 is 0. The first-order chi connectivity index (χ1) is 15.5. The Morgan fingerprint density at radius 3 is 2.48 bits per heavy atom. The Morgan fingerprint density at radius 1 is 1.15 bits per heavy atom. The first kappa shape index (κ1) is 22.5. The van der Waals surface area contributed by atoms with Crippen LogP contribution < -0.4 is 10.5 Å². The number of anilines is 1. The molecule has 6 rings (SSSR count). The second-order valence-electron chi connectivity index (χ2n) is 10.2. The van der Waals surface area contributed by atoms with Crippen molar-refractivity contribution < 1.29 is 17.9 Å². The number of likely N-dealkylation sites (N-methyl/N-ethyl adjacent to an activating group) is 1. The third kappa shape index (κ3) is 4.07. The van der Waals surface area contributed by atoms with E-state index in [-0.39, 0.29) is 17.3 Å². The topological polar surface area (TPSA) is 72.4 Å². The van der Waals surface area contributed by atoms with Gasteiger partial charge >= 0.3 is 6.36 Å². The van der Waals surface area contributed by atoms with E-state index in [0.29, 0.717) is 23.2 Å². The first-order valence-corrected chi connectivity index (χ1v) is 11.6. The summed E-state index contributed by atoms with van der Waals surface area (Å²) in [5.74, 6) is 0.941. The van der Waals surface area contributed by atoms with Crippen molar-refractivity contribution in [3.63, 3.8) is 0 Å². The number of piperazine rings is 1. The van der Waals surface area contributed by atoms with Gasteiger partial charge in [-0.25, -0.2) is 9.97 Å². The van der Waals surface area contributed by atoms with Gasteiger partial charge in [-0.15, -0.1) is 13.2 Å². The van der Waals surface area contributed by atoms with Crippen LogP contribution in [0, 0.1) is 5.92 Å². The number of pyridine rings is 1. The van der Waals surface area contributed by atoms with Crippen molar-refractivity contribution >= 4 is 5.82 Å². The molecule has 0 aromatic carbocycles. The molecule has 0 amide bonds. The molecule has 0 unspecified atom stereocenters. The van der Waals surface area contributed by atoms with Crippen LogP contribution in [0.2, 0.25) is 0 Å². The SMILES string of the molecule is CC(C)c1nc(-c2cnc(N)c(OC(F)(F)F)c2)cn1[C@H]1CC2(N3CCN(C)CC3)CC1C2. The fraction of sp³-hybridized carbons (Fsp3) is 0.652. The van der Waals surface area contributed by atoms with Crippen molar-refractivity contribution in [1.82, 2.24) is 24.3 Å². The summed E-state index contributed by atoms with van der Waals surface area (Å²) in [6.45, 7) is 8.63. The second-order valence-corrected chi connectivity index (χ2v) is 10.2. The van der Waals surface area contributed by atoms with Gasteiger partial charge in [0.05, 0.1) is 5.69 Å². The molecule has 7 nitrogen and oxygen atoms in total. The zero-order chi connectivity index (χ0) is 23.5. The zero-order valence-corrected chi connectivity index (χ0v) is 19.3. The minimum absolute atomic E-state index is 0.184. The molecule has 2 N–H and O–H groups in total. The van der Waals surface area contributed by atoms with E-state index >= 15 is 0 Å². The largest absolute Gasteiger partial charge is 0.573 e. The molecule has 4 fully saturated rings. The molecular formula is C23H31F3N6O. The van der Waals surface area contributed by atoms with Crippen LogP contribution in [0.4, 0.5) is 19.0 Å². The van der Waals surface area contributed by atoms with Gasteiger partial charge in [-0.2, -0.15) is 0 Å². The molecule has 10 heteroatoms. The molecule has 180 valence electrons. The molecule has 3 aliphatic carbocycles. The van der Waals surface area contributed by atoms with Crippen molar-refractivity contribution in [3.05, 3.63) is 24.3 Å². The highest BCUT2D eigenvalue weighted by Crippen LogP contribution is 2.61. The van der Waals surface area contributed by atoms with E-state index in [1.807, 2.05) is 6.20 Å². The standard InChI is InChI=1S/C23H31F3N6O/c1-14(2)21-29-17(15-8-19(20(27)28-12-15)33-23(24,25)26)13-32(21)18-11-22(9-16(18)10-22)31-6-4-30(3)5-7-31/h8,12-14,16,18H,4-7,9-11H2,1-3H3,(H2,27,28)/t16?,18-,22?/m0/s1. The predicted octanol–water partition coefficient (Wildman–Crippen LogP) is 3.89. The molecule has 3 heterocycles. The Hall–Kier alpha value is -2.33. The van der Waals surface area contributed by atoms with Crippen LogP contribution in [0.1, 0.15) is 50.9 Å². The number of halogens is 3. The van der Waals surface area contributed by atoms with Crippen LogP contribution in [0.25, 0.3) is 11.3 Å². The summed E-state index contributed by atoms with van der Waals surface area (Å²) in [7, 11) is 2.18. The maximum Gasteiger partial charge on any atom is 0.573 e. The number of ether oxygens (including phenoxy) is 1. The molecule has 33 heavy (non-hydrogen) atoms. The number of nitrogen functional groups attached to an aromatic ring is 1. The highest BCUT2D eigenvalue weighted by atomic mass is 19.4. The molecule has 2 aromatic heterocycles. The van der Waals surface area contributed by atoms with Gasteiger partial charge in [0.1, 0.15) is 5.82 Å². The maximum absolute atomic E-state index is 12.8. The molecule has 1 saturated heterocycles. The van der Waals surface area contributed by atoms with E-state index in [2.05, 4.69) is 45.0 Å². The Labute approximate surface area is 191 Å². The lowest BCUT2D eigenvalue weighted by atomic mass is 9.75. The zero-order valence-electron chi connectivity index (χ0n) is 19.3. The van der Waals surface area contributed by atoms with Gasteiger partial charge in [-0.1, -0.05) is 13.8 Å². The minimum Gasteiger partial charge on any atom is -0.402 e. The molecule has 0 spiro atoms. The van der Waals surface area contributed by atoms with Crippen LogP contribution in [0.5, 0.6) is 5.75 Å². The monoisotopic (exact) mass is 464 g/mol. The van der Waals surface area contributed by atoms with Gasteiger partial charge in [0.25, 0.3) is 0 Å². The molecule has 2 bridgehead atoms. The predicted molar refractivity (Wildman–Crippen MR) is 119 cm³/mol. The average Bonchev–Trinajstić information content (AvgIpc) is 3.40. The highest BCUT2D eigenvalue weighted by Gasteiger charge is 2.59. The second kappa shape index (κ2) is 7.87. The summed E-state index contributed by atoms with van der Waals surface area (Å²) in [5, 5.41) is 0. The lowest BCUT2D eigenvalue weighted by Gasteiger charge is -2.50. The van der Waals surface area contributed by atoms with Crippen LogP contribution in [0.3, 0.4) is 0 Å². The lowest BCUT2D eigenvalue weighted by Crippen LogP contribution is -2.58. The summed E-state index contributed by atoms with van der Waals surface area (Å²) in [4.78, 5) is 13.8. The number of nitrogens with two attached hydrogens (primary N) is 1. The van der Waals surface area contributed by atoms with Gasteiger partial charge in [-0.05, 0) is 38.3 Å². The number of hydrogen-bond donors (Lipinski definition) is 1. The van der Waals surface area contributed by atoms with E-state index in [1.54, 1.807) is 0 Å². The summed E-state index contributed by atoms with van der Waals surface area (Å²) in [5.41, 5.74) is 6.94. The van der Waals surface area contributed by atoms with E-state index in [1.165, 1.54) is 25.1 Å². The summed E-state index contributed by atoms with van der Waals surface area (Å²) < 4.78 is 44.6. The Kier molecular flexibility index (Phi) is 5.36. The smallest absolute Gasteiger partial charge is 0.402 e. The van der Waals surface area contributed by atoms with Crippen molar-refractivity contribution in [1.29, 1.82) is 0 Å². The van der Waals surface area contributed by atoms with Crippen molar-refractivity contribution in [2.45, 2.75) is 57.0 Å². The number of rotatable bonds is 5. The molecule has 1 aliphatic heterocycles. The third-order valence-electron chi connectivity index (χ3n) is 7.63. The van der Waals surface area contributed by atoms with Crippen LogP contribution in [-0.4, -0.2) is 69.5 Å². The van der Waals surface area contributed by atoms with Crippen molar-refractivity contribution in [2.24, 2.45) is 5.92 Å². The van der Waals surface area contributed by atoms with E-state index in [9.17, 15) is 13.2 Å². The van der Waals surface area contributed by atoms with Gasteiger partial charge in [0.2, 0.25) is 0 Å². The number of nitrogens with zero attached hydrogens (tertiary/aromatic N) is 5. The van der Waals surface area contributed by atoms with Gasteiger partial charge in [-0.3, -0.25) is 4.90 Å². The Morgan fingerprint density at radius 2 is 1.85 bits per heavy atom. The van der Waals surface area contributed by atoms with Crippen molar-refractivity contribution in [3.8, 4) is 17.0 Å². The minimum atomic E-state index is -4.83. The maximum atomic E-state index is 12.8. The summed E-state index contributed by atoms with van der Waals surface area (Å²) in [6, 6.07) is 1.63. The highest BCUT2D eigenvalue weighted by molar-refractivity contribution is 5.64. The molecule has 3 saturated carbocycles. The number of hydrogen-bond acceptors (Lipinski definition) is 6. The van der Waals surface area contributed by atoms with E-state index in [0.717, 1.165) is 38.4 Å². The van der Waals surface area contributed by atoms with E-state index < -0.39 is 12.1 Å². The molecule has 1 atom stereocenters. The number of imidazole rings is 1. The molecule has 0 radical (unpaired) electrons. The van der Waals surface area contributed by atoms with Crippen LogP contribution in [0.15, 0.2) is 18.5 Å². The summed E-state index contributed by atoms with van der Waals surface area (Å²) in [6.07, 6.45) is 2.11. The van der Waals surface area contributed by atoms with Crippen LogP contribution >= 0.6 is 0 Å². The molecule has 2 aromatic rings.